The van der Waals surface area contributed by atoms with Gasteiger partial charge in [-0.15, -0.1) is 6.42 Å². The van der Waals surface area contributed by atoms with Crippen LogP contribution in [0.2, 0.25) is 0 Å². The first-order valence-corrected chi connectivity index (χ1v) is 11.5. The van der Waals surface area contributed by atoms with Crippen molar-refractivity contribution in [1.29, 1.82) is 0 Å². The van der Waals surface area contributed by atoms with E-state index in [-0.39, 0.29) is 11.4 Å². The van der Waals surface area contributed by atoms with Crippen LogP contribution in [-0.4, -0.2) is 17.4 Å². The third-order valence-corrected chi connectivity index (χ3v) is 8.93. The van der Waals surface area contributed by atoms with Gasteiger partial charge in [-0.1, -0.05) is 36.6 Å². The zero-order valence-corrected chi connectivity index (χ0v) is 17.7. The van der Waals surface area contributed by atoms with Gasteiger partial charge in [-0.3, -0.25) is 4.79 Å². The van der Waals surface area contributed by atoms with Gasteiger partial charge in [0.05, 0.1) is 5.56 Å². The number of hydrogen-bond acceptors (Lipinski definition) is 3. The first-order chi connectivity index (χ1) is 14.5. The summed E-state index contributed by atoms with van der Waals surface area (Å²) in [5.74, 6) is 5.29. The Morgan fingerprint density at radius 1 is 1.07 bits per heavy atom. The smallest absolute Gasteiger partial charge is 0.339 e. The van der Waals surface area contributed by atoms with Crippen LogP contribution in [0.1, 0.15) is 68.6 Å². The molecule has 0 aliphatic heterocycles. The van der Waals surface area contributed by atoms with Gasteiger partial charge in [0.25, 0.3) is 0 Å². The minimum absolute atomic E-state index is 0.181. The number of terminal acetylenes is 1. The van der Waals surface area contributed by atoms with Gasteiger partial charge >= 0.3 is 5.97 Å². The number of fused-ring (bicyclic) bond motifs is 5. The normalized spacial score (nSPS) is 39.7. The number of carbonyl (C=O) groups is 2. The molecule has 30 heavy (non-hydrogen) atoms. The molecular weight excluding hydrogens is 372 g/mol. The number of carbonyl (C=O) groups excluding carboxylic acids is 2. The van der Waals surface area contributed by atoms with Crippen molar-refractivity contribution in [1.82, 2.24) is 0 Å². The fourth-order valence-corrected chi connectivity index (χ4v) is 7.40. The lowest BCUT2D eigenvalue weighted by molar-refractivity contribution is -0.116. The lowest BCUT2D eigenvalue weighted by Gasteiger charge is -2.55. The van der Waals surface area contributed by atoms with E-state index in [0.29, 0.717) is 41.4 Å². The van der Waals surface area contributed by atoms with Crippen LogP contribution in [-0.2, 0) is 9.53 Å². The Morgan fingerprint density at radius 2 is 1.87 bits per heavy atom. The summed E-state index contributed by atoms with van der Waals surface area (Å²) in [5.41, 5.74) is 0.952. The minimum atomic E-state index is -0.825. The third kappa shape index (κ3) is 2.80. The minimum Gasteiger partial charge on any atom is -0.442 e. The molecule has 0 spiro atoms. The van der Waals surface area contributed by atoms with Crippen molar-refractivity contribution in [2.75, 3.05) is 0 Å². The third-order valence-electron chi connectivity index (χ3n) is 8.93. The first-order valence-electron chi connectivity index (χ1n) is 11.5. The summed E-state index contributed by atoms with van der Waals surface area (Å²) in [7, 11) is 0. The van der Waals surface area contributed by atoms with Gasteiger partial charge in [0.15, 0.2) is 11.4 Å². The number of allylic oxidation sites excluding steroid dienone is 1. The van der Waals surface area contributed by atoms with E-state index < -0.39 is 5.60 Å². The zero-order valence-electron chi connectivity index (χ0n) is 17.7. The molecule has 0 heterocycles. The van der Waals surface area contributed by atoms with E-state index in [2.05, 4.69) is 12.8 Å². The Bertz CT molecular complexity index is 939. The monoisotopic (exact) mass is 402 g/mol. The quantitative estimate of drug-likeness (QED) is 0.494. The van der Waals surface area contributed by atoms with Crippen molar-refractivity contribution in [3.63, 3.8) is 0 Å². The van der Waals surface area contributed by atoms with Gasteiger partial charge in [0.1, 0.15) is 0 Å². The molecule has 6 atom stereocenters. The SMILES string of the molecule is C#C[C@@]1(OC(=O)c2ccccc2)CC[C@H]2[C@@H]3CCC4=CC(=O)CCC4C3CC[C@@]21C. The molecule has 1 aromatic carbocycles. The zero-order chi connectivity index (χ0) is 20.9. The van der Waals surface area contributed by atoms with Gasteiger partial charge in [0.2, 0.25) is 0 Å². The molecule has 4 aliphatic carbocycles. The summed E-state index contributed by atoms with van der Waals surface area (Å²) in [6.07, 6.45) is 15.8. The van der Waals surface area contributed by atoms with Crippen LogP contribution in [0.25, 0.3) is 0 Å². The molecule has 1 aromatic rings. The Labute approximate surface area is 179 Å². The second kappa shape index (κ2) is 7.12. The summed E-state index contributed by atoms with van der Waals surface area (Å²) in [6.45, 7) is 2.27. The molecule has 0 radical (unpaired) electrons. The average molecular weight is 403 g/mol. The number of benzene rings is 1. The van der Waals surface area contributed by atoms with Crippen molar-refractivity contribution in [3.05, 3.63) is 47.5 Å². The molecule has 0 bridgehead atoms. The van der Waals surface area contributed by atoms with Crippen molar-refractivity contribution >= 4 is 11.8 Å². The Hall–Kier alpha value is -2.34. The fourth-order valence-electron chi connectivity index (χ4n) is 7.40. The van der Waals surface area contributed by atoms with Gasteiger partial charge < -0.3 is 4.74 Å². The Kier molecular flexibility index (Phi) is 4.65. The molecular formula is C27H30O3. The predicted octanol–water partition coefficient (Wildman–Crippen LogP) is 5.36. The number of ether oxygens (including phenoxy) is 1. The van der Waals surface area contributed by atoms with Crippen LogP contribution in [0.4, 0.5) is 0 Å². The van der Waals surface area contributed by atoms with E-state index in [4.69, 9.17) is 11.2 Å². The number of ketones is 1. The molecule has 4 aliphatic rings. The van der Waals surface area contributed by atoms with Gasteiger partial charge in [0, 0.05) is 11.8 Å². The molecule has 3 nitrogen and oxygen atoms in total. The van der Waals surface area contributed by atoms with Crippen LogP contribution in [0, 0.1) is 41.4 Å². The summed E-state index contributed by atoms with van der Waals surface area (Å²) >= 11 is 0. The van der Waals surface area contributed by atoms with Crippen LogP contribution < -0.4 is 0 Å². The molecule has 3 fully saturated rings. The van der Waals surface area contributed by atoms with E-state index in [0.717, 1.165) is 44.9 Å². The molecule has 3 saturated carbocycles. The van der Waals surface area contributed by atoms with E-state index in [9.17, 15) is 9.59 Å². The van der Waals surface area contributed by atoms with E-state index in [1.54, 1.807) is 12.1 Å². The molecule has 3 heteroatoms. The largest absolute Gasteiger partial charge is 0.442 e. The highest BCUT2D eigenvalue weighted by molar-refractivity contribution is 5.91. The number of esters is 1. The highest BCUT2D eigenvalue weighted by atomic mass is 16.6. The lowest BCUT2D eigenvalue weighted by Crippen LogP contribution is -2.53. The van der Waals surface area contributed by atoms with Crippen LogP contribution in [0.3, 0.4) is 0 Å². The molecule has 2 unspecified atom stereocenters. The Balaban J connectivity index is 1.42. The van der Waals surface area contributed by atoms with Crippen molar-refractivity contribution < 1.29 is 14.3 Å². The van der Waals surface area contributed by atoms with Gasteiger partial charge in [-0.2, -0.15) is 0 Å². The van der Waals surface area contributed by atoms with E-state index in [1.165, 1.54) is 5.57 Å². The number of hydrogen-bond donors (Lipinski definition) is 0. The summed E-state index contributed by atoms with van der Waals surface area (Å²) in [5, 5.41) is 0. The summed E-state index contributed by atoms with van der Waals surface area (Å²) in [4.78, 5) is 24.8. The van der Waals surface area contributed by atoms with Crippen molar-refractivity contribution in [2.45, 2.75) is 63.9 Å². The lowest BCUT2D eigenvalue weighted by atomic mass is 9.50. The van der Waals surface area contributed by atoms with Crippen molar-refractivity contribution in [3.8, 4) is 12.3 Å². The predicted molar refractivity (Wildman–Crippen MR) is 116 cm³/mol. The molecule has 0 aromatic heterocycles. The topological polar surface area (TPSA) is 43.4 Å². The Morgan fingerprint density at radius 3 is 2.63 bits per heavy atom. The van der Waals surface area contributed by atoms with Gasteiger partial charge in [-0.05, 0) is 86.8 Å². The van der Waals surface area contributed by atoms with Crippen LogP contribution in [0.5, 0.6) is 0 Å². The van der Waals surface area contributed by atoms with Gasteiger partial charge in [-0.25, -0.2) is 4.79 Å². The highest BCUT2D eigenvalue weighted by Gasteiger charge is 2.64. The molecule has 156 valence electrons. The molecule has 5 rings (SSSR count). The number of rotatable bonds is 2. The summed E-state index contributed by atoms with van der Waals surface area (Å²) in [6, 6.07) is 9.18. The average Bonchev–Trinajstić information content (AvgIpc) is 3.06. The summed E-state index contributed by atoms with van der Waals surface area (Å²) < 4.78 is 6.18. The van der Waals surface area contributed by atoms with Crippen LogP contribution in [0.15, 0.2) is 42.0 Å². The van der Waals surface area contributed by atoms with Crippen LogP contribution >= 0.6 is 0 Å². The highest BCUT2D eigenvalue weighted by Crippen LogP contribution is 2.65. The standard InChI is InChI=1S/C27H30O3/c1-3-27(30-25(29)18-7-5-4-6-8-18)16-14-24-23-11-9-19-17-20(28)10-12-21(19)22(23)13-15-26(24,27)2/h1,4-8,17,21-24H,9-16H2,2H3/t21?,22?,23-,24+,26+,27-/m1/s1. The van der Waals surface area contributed by atoms with E-state index >= 15 is 0 Å². The first kappa shape index (κ1) is 19.6. The van der Waals surface area contributed by atoms with E-state index in [1.807, 2.05) is 24.3 Å². The molecule has 0 N–H and O–H groups in total. The maximum atomic E-state index is 12.9. The second-order valence-electron chi connectivity index (χ2n) is 10.0. The fraction of sp³-hybridized carbons (Fsp3) is 0.556. The molecule has 0 amide bonds. The maximum absolute atomic E-state index is 12.9. The van der Waals surface area contributed by atoms with Crippen molar-refractivity contribution in [2.24, 2.45) is 29.1 Å². The maximum Gasteiger partial charge on any atom is 0.339 e. The molecule has 0 saturated heterocycles. The second-order valence-corrected chi connectivity index (χ2v) is 10.0.